The van der Waals surface area contributed by atoms with Gasteiger partial charge in [-0.2, -0.15) is 0 Å². The van der Waals surface area contributed by atoms with Gasteiger partial charge in [-0.25, -0.2) is 0 Å². The average Bonchev–Trinajstić information content (AvgIpc) is 2.49. The minimum atomic E-state index is -0.0445. The topological polar surface area (TPSA) is 33.5 Å². The Morgan fingerprint density at radius 2 is 2.14 bits per heavy atom. The quantitative estimate of drug-likeness (QED) is 0.731. The molecule has 0 aliphatic rings. The van der Waals surface area contributed by atoms with E-state index in [0.29, 0.717) is 0 Å². The number of pyridine rings is 1. The molecule has 2 aromatic rings. The lowest BCUT2D eigenvalue weighted by Gasteiger charge is -2.05. The summed E-state index contributed by atoms with van der Waals surface area (Å²) in [7, 11) is 0. The van der Waals surface area contributed by atoms with Crippen molar-refractivity contribution in [3.8, 4) is 0 Å². The van der Waals surface area contributed by atoms with Crippen LogP contribution in [0.3, 0.4) is 0 Å². The molecule has 14 heavy (non-hydrogen) atoms. The van der Waals surface area contributed by atoms with Crippen LogP contribution < -0.4 is 5.32 Å². The van der Waals surface area contributed by atoms with Gasteiger partial charge in [0.05, 0.1) is 11.2 Å². The van der Waals surface area contributed by atoms with E-state index in [4.69, 9.17) is 0 Å². The summed E-state index contributed by atoms with van der Waals surface area (Å²) >= 11 is 0. The van der Waals surface area contributed by atoms with Crippen LogP contribution in [0.1, 0.15) is 12.6 Å². The van der Waals surface area contributed by atoms with Gasteiger partial charge in [0.2, 0.25) is 5.91 Å². The van der Waals surface area contributed by atoms with Crippen molar-refractivity contribution in [1.82, 2.24) is 4.40 Å². The Bertz CT molecular complexity index is 485. The second-order valence-corrected chi connectivity index (χ2v) is 3.33. The van der Waals surface area contributed by atoms with Crippen molar-refractivity contribution in [2.45, 2.75) is 13.8 Å². The number of nitrogens with one attached hydrogen (secondary N) is 1. The van der Waals surface area contributed by atoms with Crippen LogP contribution in [0.4, 0.5) is 5.69 Å². The molecule has 0 fully saturated rings. The van der Waals surface area contributed by atoms with Crippen molar-refractivity contribution >= 4 is 17.1 Å². The first-order valence-corrected chi connectivity index (χ1v) is 4.53. The third-order valence-electron chi connectivity index (χ3n) is 2.21. The van der Waals surface area contributed by atoms with Gasteiger partial charge in [0.15, 0.2) is 0 Å². The number of carbonyl (C=O) groups is 1. The second-order valence-electron chi connectivity index (χ2n) is 3.33. The fourth-order valence-corrected chi connectivity index (χ4v) is 1.57. The molecule has 72 valence electrons. The van der Waals surface area contributed by atoms with E-state index in [1.165, 1.54) is 6.92 Å². The molecule has 2 rings (SSSR count). The summed E-state index contributed by atoms with van der Waals surface area (Å²) in [6.07, 6.45) is 1.98. The Morgan fingerprint density at radius 3 is 2.86 bits per heavy atom. The lowest BCUT2D eigenvalue weighted by Crippen LogP contribution is -2.06. The van der Waals surface area contributed by atoms with E-state index < -0.39 is 0 Å². The number of rotatable bonds is 1. The molecule has 0 spiro atoms. The molecule has 3 heteroatoms. The molecule has 0 aromatic carbocycles. The number of carbonyl (C=O) groups excluding carboxylic acids is 1. The Morgan fingerprint density at radius 1 is 1.36 bits per heavy atom. The molecule has 1 N–H and O–H groups in total. The first kappa shape index (κ1) is 8.81. The van der Waals surface area contributed by atoms with Crippen molar-refractivity contribution in [3.05, 3.63) is 36.2 Å². The molecule has 0 atom stereocenters. The highest BCUT2D eigenvalue weighted by Crippen LogP contribution is 2.19. The van der Waals surface area contributed by atoms with Crippen LogP contribution in [0.2, 0.25) is 0 Å². The van der Waals surface area contributed by atoms with E-state index in [-0.39, 0.29) is 5.91 Å². The van der Waals surface area contributed by atoms with Gasteiger partial charge in [-0.3, -0.25) is 4.79 Å². The summed E-state index contributed by atoms with van der Waals surface area (Å²) < 4.78 is 2.05. The maximum absolute atomic E-state index is 10.9. The first-order valence-electron chi connectivity index (χ1n) is 4.53. The lowest BCUT2D eigenvalue weighted by molar-refractivity contribution is -0.114. The predicted octanol–water partition coefficient (Wildman–Crippen LogP) is 2.21. The zero-order valence-corrected chi connectivity index (χ0v) is 8.24. The predicted molar refractivity (Wildman–Crippen MR) is 56.4 cm³/mol. The van der Waals surface area contributed by atoms with Crippen LogP contribution in [0.25, 0.3) is 5.52 Å². The molecule has 0 saturated carbocycles. The van der Waals surface area contributed by atoms with E-state index in [1.807, 2.05) is 41.8 Å². The Balaban J connectivity index is 2.59. The Kier molecular flexibility index (Phi) is 2.00. The van der Waals surface area contributed by atoms with Gasteiger partial charge in [-0.05, 0) is 31.2 Å². The van der Waals surface area contributed by atoms with Crippen molar-refractivity contribution in [2.75, 3.05) is 5.32 Å². The van der Waals surface area contributed by atoms with Gasteiger partial charge in [0.1, 0.15) is 0 Å². The van der Waals surface area contributed by atoms with Crippen molar-refractivity contribution in [1.29, 1.82) is 0 Å². The third-order valence-corrected chi connectivity index (χ3v) is 2.21. The number of fused-ring (bicyclic) bond motifs is 1. The molecule has 0 saturated heterocycles. The van der Waals surface area contributed by atoms with E-state index >= 15 is 0 Å². The lowest BCUT2D eigenvalue weighted by atomic mass is 10.3. The van der Waals surface area contributed by atoms with Crippen LogP contribution in [-0.2, 0) is 4.79 Å². The minimum Gasteiger partial charge on any atom is -0.325 e. The van der Waals surface area contributed by atoms with Crippen LogP contribution in [-0.4, -0.2) is 10.3 Å². The highest BCUT2D eigenvalue weighted by Gasteiger charge is 2.03. The highest BCUT2D eigenvalue weighted by atomic mass is 16.1. The summed E-state index contributed by atoms with van der Waals surface area (Å²) in [5, 5.41) is 2.80. The molecule has 2 heterocycles. The van der Waals surface area contributed by atoms with E-state index in [9.17, 15) is 4.79 Å². The van der Waals surface area contributed by atoms with Crippen molar-refractivity contribution < 1.29 is 4.79 Å². The summed E-state index contributed by atoms with van der Waals surface area (Å²) in [4.78, 5) is 10.9. The van der Waals surface area contributed by atoms with E-state index in [2.05, 4.69) is 5.32 Å². The largest absolute Gasteiger partial charge is 0.325 e. The number of anilines is 1. The summed E-state index contributed by atoms with van der Waals surface area (Å²) in [6, 6.07) is 7.85. The van der Waals surface area contributed by atoms with Gasteiger partial charge in [0, 0.05) is 18.8 Å². The SMILES string of the molecule is CC(=O)Nc1cccn2c(C)ccc12. The van der Waals surface area contributed by atoms with Crippen molar-refractivity contribution in [2.24, 2.45) is 0 Å². The van der Waals surface area contributed by atoms with Gasteiger partial charge in [0.25, 0.3) is 0 Å². The van der Waals surface area contributed by atoms with E-state index in [1.54, 1.807) is 0 Å². The second kappa shape index (κ2) is 3.18. The van der Waals surface area contributed by atoms with Crippen LogP contribution >= 0.6 is 0 Å². The molecule has 1 amide bonds. The number of hydrogen-bond acceptors (Lipinski definition) is 1. The zero-order valence-electron chi connectivity index (χ0n) is 8.24. The van der Waals surface area contributed by atoms with Gasteiger partial charge < -0.3 is 9.72 Å². The number of aromatic nitrogens is 1. The number of nitrogens with zero attached hydrogens (tertiary/aromatic N) is 1. The summed E-state index contributed by atoms with van der Waals surface area (Å²) in [6.45, 7) is 3.55. The molecule has 0 radical (unpaired) electrons. The normalized spacial score (nSPS) is 10.4. The molecular weight excluding hydrogens is 176 g/mol. The molecule has 0 unspecified atom stereocenters. The molecule has 2 aromatic heterocycles. The van der Waals surface area contributed by atoms with Gasteiger partial charge in [-0.1, -0.05) is 0 Å². The number of aryl methyl sites for hydroxylation is 1. The Labute approximate surface area is 82.4 Å². The fourth-order valence-electron chi connectivity index (χ4n) is 1.57. The number of amides is 1. The molecule has 3 nitrogen and oxygen atoms in total. The van der Waals surface area contributed by atoms with E-state index in [0.717, 1.165) is 16.9 Å². The summed E-state index contributed by atoms with van der Waals surface area (Å²) in [5.41, 5.74) is 3.04. The fraction of sp³-hybridized carbons (Fsp3) is 0.182. The van der Waals surface area contributed by atoms with Crippen LogP contribution in [0.5, 0.6) is 0 Å². The summed E-state index contributed by atoms with van der Waals surface area (Å²) in [5.74, 6) is -0.0445. The molecular formula is C11H12N2O. The highest BCUT2D eigenvalue weighted by molar-refractivity contribution is 5.93. The Hall–Kier alpha value is -1.77. The molecule has 0 aliphatic heterocycles. The monoisotopic (exact) mass is 188 g/mol. The van der Waals surface area contributed by atoms with Gasteiger partial charge in [-0.15, -0.1) is 0 Å². The van der Waals surface area contributed by atoms with Gasteiger partial charge >= 0.3 is 0 Å². The maximum Gasteiger partial charge on any atom is 0.221 e. The smallest absolute Gasteiger partial charge is 0.221 e. The standard InChI is InChI=1S/C11H12N2O/c1-8-5-6-11-10(12-9(2)14)4-3-7-13(8)11/h3-7H,1-2H3,(H,12,14). The first-order chi connectivity index (χ1) is 6.68. The maximum atomic E-state index is 10.9. The average molecular weight is 188 g/mol. The minimum absolute atomic E-state index is 0.0445. The van der Waals surface area contributed by atoms with Crippen LogP contribution in [0.15, 0.2) is 30.5 Å². The number of hydrogen-bond donors (Lipinski definition) is 1. The zero-order chi connectivity index (χ0) is 10.1. The molecule has 0 aliphatic carbocycles. The van der Waals surface area contributed by atoms with Crippen LogP contribution in [0, 0.1) is 6.92 Å². The molecule has 0 bridgehead atoms. The van der Waals surface area contributed by atoms with Crippen molar-refractivity contribution in [3.63, 3.8) is 0 Å². The third kappa shape index (κ3) is 1.37.